The molecular weight excluding hydrogens is 304 g/mol. The summed E-state index contributed by atoms with van der Waals surface area (Å²) in [6.07, 6.45) is 0.531. The number of carbonyl (C=O) groups excluding carboxylic acids is 1. The molecule has 0 aliphatic carbocycles. The van der Waals surface area contributed by atoms with Crippen molar-refractivity contribution in [2.45, 2.75) is 11.7 Å². The number of benzene rings is 2. The molecule has 1 atom stereocenters. The molecule has 5 heteroatoms. The molecule has 0 aliphatic heterocycles. The number of thiol groups is 1. The fourth-order valence-corrected chi connectivity index (χ4v) is 2.34. The molecule has 106 valence electrons. The van der Waals surface area contributed by atoms with Gasteiger partial charge in [-0.15, -0.1) is 0 Å². The van der Waals surface area contributed by atoms with E-state index in [2.05, 4.69) is 17.9 Å². The van der Waals surface area contributed by atoms with E-state index in [4.69, 9.17) is 16.9 Å². The zero-order valence-electron chi connectivity index (χ0n) is 11.1. The number of hydrogen-bond acceptors (Lipinski definition) is 3. The van der Waals surface area contributed by atoms with E-state index in [0.29, 0.717) is 22.7 Å². The number of halogens is 1. The molecule has 2 aromatic rings. The summed E-state index contributed by atoms with van der Waals surface area (Å²) in [5, 5.41) is 11.4. The van der Waals surface area contributed by atoms with E-state index in [9.17, 15) is 4.79 Å². The van der Waals surface area contributed by atoms with Gasteiger partial charge in [0.05, 0.1) is 27.6 Å². The van der Waals surface area contributed by atoms with Gasteiger partial charge in [-0.1, -0.05) is 41.9 Å². The van der Waals surface area contributed by atoms with E-state index in [-0.39, 0.29) is 5.91 Å². The Kier molecular flexibility index (Phi) is 5.26. The van der Waals surface area contributed by atoms with Crippen molar-refractivity contribution in [2.75, 3.05) is 5.32 Å². The number of carbonyl (C=O) groups is 1. The molecule has 21 heavy (non-hydrogen) atoms. The lowest BCUT2D eigenvalue weighted by Gasteiger charge is -2.12. The van der Waals surface area contributed by atoms with Crippen LogP contribution in [-0.2, 0) is 11.2 Å². The number of nitrogens with zero attached hydrogens (tertiary/aromatic N) is 1. The molecule has 0 fully saturated rings. The lowest BCUT2D eigenvalue weighted by Crippen LogP contribution is -2.25. The first kappa shape index (κ1) is 15.4. The van der Waals surface area contributed by atoms with Crippen molar-refractivity contribution in [3.63, 3.8) is 0 Å². The summed E-state index contributed by atoms with van der Waals surface area (Å²) in [7, 11) is 0. The second-order valence-corrected chi connectivity index (χ2v) is 5.53. The smallest absolute Gasteiger partial charge is 0.237 e. The van der Waals surface area contributed by atoms with Gasteiger partial charge in [0.2, 0.25) is 5.91 Å². The van der Waals surface area contributed by atoms with Gasteiger partial charge in [-0.3, -0.25) is 4.79 Å². The van der Waals surface area contributed by atoms with E-state index in [0.717, 1.165) is 5.56 Å². The monoisotopic (exact) mass is 316 g/mol. The highest BCUT2D eigenvalue weighted by molar-refractivity contribution is 7.81. The van der Waals surface area contributed by atoms with E-state index in [1.54, 1.807) is 12.1 Å². The molecule has 0 saturated carbocycles. The number of nitriles is 1. The number of hydrogen-bond donors (Lipinski definition) is 2. The second-order valence-electron chi connectivity index (χ2n) is 4.50. The zero-order chi connectivity index (χ0) is 15.2. The van der Waals surface area contributed by atoms with Crippen molar-refractivity contribution in [1.29, 1.82) is 5.26 Å². The predicted molar refractivity (Wildman–Crippen MR) is 87.7 cm³/mol. The highest BCUT2D eigenvalue weighted by Crippen LogP contribution is 2.23. The van der Waals surface area contributed by atoms with Gasteiger partial charge in [-0.05, 0) is 30.2 Å². The minimum atomic E-state index is -0.473. The average molecular weight is 317 g/mol. The molecule has 1 unspecified atom stereocenters. The fraction of sp³-hybridized carbons (Fsp3) is 0.125. The Morgan fingerprint density at radius 1 is 1.29 bits per heavy atom. The largest absolute Gasteiger partial charge is 0.324 e. The number of nitrogens with one attached hydrogen (secondary N) is 1. The molecule has 1 N–H and O–H groups in total. The molecule has 0 bridgehead atoms. The van der Waals surface area contributed by atoms with Crippen LogP contribution in [0, 0.1) is 11.3 Å². The Bertz CT molecular complexity index is 682. The first-order chi connectivity index (χ1) is 10.1. The molecule has 3 nitrogen and oxygen atoms in total. The van der Waals surface area contributed by atoms with Crippen molar-refractivity contribution >= 4 is 35.8 Å². The summed E-state index contributed by atoms with van der Waals surface area (Å²) in [5.41, 5.74) is 1.97. The maximum absolute atomic E-state index is 12.1. The minimum Gasteiger partial charge on any atom is -0.324 e. The van der Waals surface area contributed by atoms with Crippen LogP contribution in [0.15, 0.2) is 48.5 Å². The predicted octanol–water partition coefficient (Wildman–Crippen LogP) is 3.69. The lowest BCUT2D eigenvalue weighted by atomic mass is 10.1. The highest BCUT2D eigenvalue weighted by Gasteiger charge is 2.16. The van der Waals surface area contributed by atoms with E-state index >= 15 is 0 Å². The first-order valence-corrected chi connectivity index (χ1v) is 7.22. The van der Waals surface area contributed by atoms with E-state index in [1.807, 2.05) is 36.4 Å². The molecule has 2 aromatic carbocycles. The van der Waals surface area contributed by atoms with Crippen molar-refractivity contribution in [3.05, 3.63) is 64.7 Å². The number of anilines is 1. The van der Waals surface area contributed by atoms with Gasteiger partial charge >= 0.3 is 0 Å². The Balaban J connectivity index is 2.03. The molecule has 2 rings (SSSR count). The third-order valence-corrected chi connectivity index (χ3v) is 3.66. The van der Waals surface area contributed by atoms with Crippen molar-refractivity contribution < 1.29 is 4.79 Å². The molecule has 0 radical (unpaired) electrons. The summed E-state index contributed by atoms with van der Waals surface area (Å²) in [4.78, 5) is 12.1. The summed E-state index contributed by atoms with van der Waals surface area (Å²) in [5.74, 6) is -0.228. The van der Waals surface area contributed by atoms with Crippen LogP contribution < -0.4 is 5.32 Å². The molecular formula is C16H13ClN2OS. The molecule has 1 amide bonds. The van der Waals surface area contributed by atoms with Gasteiger partial charge in [0.25, 0.3) is 0 Å². The van der Waals surface area contributed by atoms with Crippen molar-refractivity contribution in [1.82, 2.24) is 0 Å². The summed E-state index contributed by atoms with van der Waals surface area (Å²) in [6, 6.07) is 16.4. The lowest BCUT2D eigenvalue weighted by molar-refractivity contribution is -0.115. The molecule has 0 heterocycles. The summed E-state index contributed by atoms with van der Waals surface area (Å²) in [6.45, 7) is 0. The maximum Gasteiger partial charge on any atom is 0.237 e. The molecule has 0 saturated heterocycles. The normalized spacial score (nSPS) is 11.5. The number of rotatable bonds is 4. The third kappa shape index (κ3) is 4.25. The fourth-order valence-electron chi connectivity index (χ4n) is 1.83. The minimum absolute atomic E-state index is 0.228. The number of amides is 1. The SMILES string of the molecule is N#Cc1ccc(NC(=O)C(S)Cc2ccccc2)c(Cl)c1. The van der Waals surface area contributed by atoms with Crippen LogP contribution >= 0.6 is 24.2 Å². The van der Waals surface area contributed by atoms with Crippen LogP contribution in [0.5, 0.6) is 0 Å². The van der Waals surface area contributed by atoms with Gasteiger partial charge in [0, 0.05) is 0 Å². The third-order valence-electron chi connectivity index (χ3n) is 2.93. The zero-order valence-corrected chi connectivity index (χ0v) is 12.7. The average Bonchev–Trinajstić information content (AvgIpc) is 2.50. The topological polar surface area (TPSA) is 52.9 Å². The van der Waals surface area contributed by atoms with Crippen molar-refractivity contribution in [2.24, 2.45) is 0 Å². The quantitative estimate of drug-likeness (QED) is 0.845. The highest BCUT2D eigenvalue weighted by atomic mass is 35.5. The van der Waals surface area contributed by atoms with E-state index in [1.165, 1.54) is 6.07 Å². The van der Waals surface area contributed by atoms with Gasteiger partial charge in [0.1, 0.15) is 0 Å². The Morgan fingerprint density at radius 2 is 2.00 bits per heavy atom. The summed E-state index contributed by atoms with van der Waals surface area (Å²) >= 11 is 10.4. The second kappa shape index (κ2) is 7.16. The van der Waals surface area contributed by atoms with Crippen molar-refractivity contribution in [3.8, 4) is 6.07 Å². The Hall–Kier alpha value is -1.96. The Morgan fingerprint density at radius 3 is 2.62 bits per heavy atom. The van der Waals surface area contributed by atoms with Crippen LogP contribution in [0.1, 0.15) is 11.1 Å². The van der Waals surface area contributed by atoms with Crippen LogP contribution in [0.2, 0.25) is 5.02 Å². The van der Waals surface area contributed by atoms with Gasteiger partial charge < -0.3 is 5.32 Å². The van der Waals surface area contributed by atoms with Crippen LogP contribution in [0.3, 0.4) is 0 Å². The molecule has 0 aromatic heterocycles. The standard InChI is InChI=1S/C16H13ClN2OS/c17-13-8-12(10-18)6-7-14(13)19-16(20)15(21)9-11-4-2-1-3-5-11/h1-8,15,21H,9H2,(H,19,20). The molecule has 0 aliphatic rings. The van der Waals surface area contributed by atoms with Gasteiger partial charge in [-0.25, -0.2) is 0 Å². The summed E-state index contributed by atoms with van der Waals surface area (Å²) < 4.78 is 0. The van der Waals surface area contributed by atoms with E-state index < -0.39 is 5.25 Å². The van der Waals surface area contributed by atoms with Crippen LogP contribution in [-0.4, -0.2) is 11.2 Å². The maximum atomic E-state index is 12.1. The Labute approximate surface area is 134 Å². The first-order valence-electron chi connectivity index (χ1n) is 6.32. The van der Waals surface area contributed by atoms with Gasteiger partial charge in [-0.2, -0.15) is 17.9 Å². The van der Waals surface area contributed by atoms with Crippen LogP contribution in [0.4, 0.5) is 5.69 Å². The van der Waals surface area contributed by atoms with Crippen LogP contribution in [0.25, 0.3) is 0 Å². The van der Waals surface area contributed by atoms with Gasteiger partial charge in [0.15, 0.2) is 0 Å². The molecule has 0 spiro atoms.